The Balaban J connectivity index is 1.87. The summed E-state index contributed by atoms with van der Waals surface area (Å²) in [6.45, 7) is 0. The molecule has 2 aromatic carbocycles. The van der Waals surface area contributed by atoms with Crippen LogP contribution >= 0.6 is 35.0 Å². The molecule has 1 heterocycles. The summed E-state index contributed by atoms with van der Waals surface area (Å²) in [7, 11) is 0. The van der Waals surface area contributed by atoms with Crippen molar-refractivity contribution in [1.29, 1.82) is 0 Å². The lowest BCUT2D eigenvalue weighted by molar-refractivity contribution is 1.06. The Bertz CT molecular complexity index is 828. The van der Waals surface area contributed by atoms with Gasteiger partial charge in [0.05, 0.1) is 10.7 Å². The van der Waals surface area contributed by atoms with Crippen LogP contribution in [0.1, 0.15) is 0 Å². The fourth-order valence-electron chi connectivity index (χ4n) is 1.88. The molecule has 1 aromatic heterocycles. The van der Waals surface area contributed by atoms with Gasteiger partial charge in [-0.15, -0.1) is 0 Å². The van der Waals surface area contributed by atoms with Crippen LogP contribution in [0.2, 0.25) is 10.0 Å². The number of hydrogen-bond acceptors (Lipinski definition) is 5. The van der Waals surface area contributed by atoms with Gasteiger partial charge in [0, 0.05) is 9.92 Å². The molecular weight excluding hydrogens is 351 g/mol. The number of nitrogens with zero attached hydrogens (tertiary/aromatic N) is 2. The molecule has 3 rings (SSSR count). The minimum atomic E-state index is 0.465. The van der Waals surface area contributed by atoms with Crippen molar-refractivity contribution in [3.63, 3.8) is 0 Å². The lowest BCUT2D eigenvalue weighted by Gasteiger charge is -2.12. The maximum Gasteiger partial charge on any atom is 0.158 e. The molecule has 0 fully saturated rings. The van der Waals surface area contributed by atoms with Crippen LogP contribution in [0.5, 0.6) is 0 Å². The average molecular weight is 363 g/mol. The molecule has 0 spiro atoms. The first-order valence-electron chi connectivity index (χ1n) is 6.69. The molecule has 0 saturated carbocycles. The van der Waals surface area contributed by atoms with Crippen LogP contribution in [0, 0.1) is 0 Å². The number of nitrogen functional groups attached to an aromatic ring is 1. The van der Waals surface area contributed by atoms with Crippen molar-refractivity contribution in [2.45, 2.75) is 9.92 Å². The van der Waals surface area contributed by atoms with Gasteiger partial charge in [0.25, 0.3) is 0 Å². The Kier molecular flexibility index (Phi) is 4.91. The van der Waals surface area contributed by atoms with E-state index >= 15 is 0 Å². The van der Waals surface area contributed by atoms with Crippen molar-refractivity contribution in [2.24, 2.45) is 0 Å². The fraction of sp³-hybridized carbons (Fsp3) is 0. The molecule has 0 aliphatic carbocycles. The first-order valence-corrected chi connectivity index (χ1v) is 8.26. The highest BCUT2D eigenvalue weighted by molar-refractivity contribution is 7.99. The van der Waals surface area contributed by atoms with E-state index in [2.05, 4.69) is 15.3 Å². The van der Waals surface area contributed by atoms with Gasteiger partial charge < -0.3 is 11.1 Å². The quantitative estimate of drug-likeness (QED) is 0.619. The zero-order valence-corrected chi connectivity index (χ0v) is 14.2. The van der Waals surface area contributed by atoms with Gasteiger partial charge in [-0.05, 0) is 30.3 Å². The second-order valence-electron chi connectivity index (χ2n) is 4.61. The summed E-state index contributed by atoms with van der Waals surface area (Å²) in [5, 5.41) is 4.85. The summed E-state index contributed by atoms with van der Waals surface area (Å²) in [6, 6.07) is 15.1. The first-order chi connectivity index (χ1) is 11.1. The van der Waals surface area contributed by atoms with Crippen LogP contribution in [-0.4, -0.2) is 9.97 Å². The van der Waals surface area contributed by atoms with Crippen LogP contribution < -0.4 is 11.1 Å². The maximum atomic E-state index is 6.18. The molecular formula is C16H12Cl2N4S. The van der Waals surface area contributed by atoms with E-state index in [1.807, 2.05) is 30.3 Å². The fourth-order valence-corrected chi connectivity index (χ4v) is 3.16. The van der Waals surface area contributed by atoms with Crippen LogP contribution in [-0.2, 0) is 0 Å². The number of rotatable bonds is 4. The van der Waals surface area contributed by atoms with E-state index in [-0.39, 0.29) is 0 Å². The highest BCUT2D eigenvalue weighted by Gasteiger charge is 2.11. The summed E-state index contributed by atoms with van der Waals surface area (Å²) in [4.78, 5) is 9.48. The van der Waals surface area contributed by atoms with Gasteiger partial charge >= 0.3 is 0 Å². The topological polar surface area (TPSA) is 63.8 Å². The van der Waals surface area contributed by atoms with Crippen LogP contribution in [0.15, 0.2) is 64.8 Å². The Hall–Kier alpha value is -1.95. The molecule has 4 nitrogen and oxygen atoms in total. The van der Waals surface area contributed by atoms with Crippen molar-refractivity contribution in [3.05, 3.63) is 64.9 Å². The minimum absolute atomic E-state index is 0.465. The van der Waals surface area contributed by atoms with Crippen LogP contribution in [0.4, 0.5) is 17.2 Å². The zero-order valence-electron chi connectivity index (χ0n) is 11.8. The number of benzene rings is 2. The van der Waals surface area contributed by atoms with Gasteiger partial charge in [0.1, 0.15) is 17.0 Å². The van der Waals surface area contributed by atoms with Crippen LogP contribution in [0.25, 0.3) is 0 Å². The van der Waals surface area contributed by atoms with Gasteiger partial charge in [-0.1, -0.05) is 53.2 Å². The summed E-state index contributed by atoms with van der Waals surface area (Å²) >= 11 is 13.5. The number of nitrogens with one attached hydrogen (secondary N) is 1. The average Bonchev–Trinajstić information content (AvgIpc) is 2.54. The van der Waals surface area contributed by atoms with Gasteiger partial charge in [-0.25, -0.2) is 9.97 Å². The number of anilines is 3. The molecule has 0 aliphatic heterocycles. The van der Waals surface area contributed by atoms with E-state index in [9.17, 15) is 0 Å². The highest BCUT2D eigenvalue weighted by Crippen LogP contribution is 2.35. The van der Waals surface area contributed by atoms with E-state index in [0.29, 0.717) is 32.3 Å². The smallest absolute Gasteiger partial charge is 0.158 e. The predicted molar refractivity (Wildman–Crippen MR) is 96.8 cm³/mol. The molecule has 3 N–H and O–H groups in total. The molecule has 0 unspecified atom stereocenters. The standard InChI is InChI=1S/C16H12Cl2N4S/c17-10-6-7-13(12(18)8-10)22-15-14(19)16(21-9-20-15)23-11-4-2-1-3-5-11/h1-9H,19H2,(H,20,21,22). The van der Waals surface area contributed by atoms with E-state index < -0.39 is 0 Å². The van der Waals surface area contributed by atoms with E-state index in [1.54, 1.807) is 18.2 Å². The lowest BCUT2D eigenvalue weighted by Crippen LogP contribution is -2.02. The molecule has 0 saturated heterocycles. The normalized spacial score (nSPS) is 10.5. The number of aromatic nitrogens is 2. The van der Waals surface area contributed by atoms with E-state index in [0.717, 1.165) is 4.90 Å². The van der Waals surface area contributed by atoms with E-state index in [1.165, 1.54) is 18.1 Å². The molecule has 23 heavy (non-hydrogen) atoms. The molecule has 0 aliphatic rings. The number of halogens is 2. The third kappa shape index (κ3) is 3.88. The predicted octanol–water partition coefficient (Wildman–Crippen LogP) is 5.26. The van der Waals surface area contributed by atoms with Crippen molar-refractivity contribution < 1.29 is 0 Å². The lowest BCUT2D eigenvalue weighted by atomic mass is 10.3. The Morgan fingerprint density at radius 2 is 1.78 bits per heavy atom. The molecule has 0 amide bonds. The Morgan fingerprint density at radius 1 is 1.00 bits per heavy atom. The van der Waals surface area contributed by atoms with Crippen molar-refractivity contribution >= 4 is 52.2 Å². The van der Waals surface area contributed by atoms with Gasteiger partial charge in [0.2, 0.25) is 0 Å². The summed E-state index contributed by atoms with van der Waals surface area (Å²) in [6.07, 6.45) is 1.47. The number of nitrogens with two attached hydrogens (primary N) is 1. The second kappa shape index (κ2) is 7.08. The molecule has 116 valence electrons. The monoisotopic (exact) mass is 362 g/mol. The third-order valence-electron chi connectivity index (χ3n) is 2.99. The molecule has 7 heteroatoms. The van der Waals surface area contributed by atoms with Crippen molar-refractivity contribution in [1.82, 2.24) is 9.97 Å². The second-order valence-corrected chi connectivity index (χ2v) is 6.51. The van der Waals surface area contributed by atoms with E-state index in [4.69, 9.17) is 28.9 Å². The Morgan fingerprint density at radius 3 is 2.52 bits per heavy atom. The summed E-state index contributed by atoms with van der Waals surface area (Å²) < 4.78 is 0. The number of hydrogen-bond donors (Lipinski definition) is 2. The summed E-state index contributed by atoms with van der Waals surface area (Å²) in [5.41, 5.74) is 7.32. The highest BCUT2D eigenvalue weighted by atomic mass is 35.5. The Labute approximate surface area is 148 Å². The molecule has 0 radical (unpaired) electrons. The zero-order chi connectivity index (χ0) is 16.2. The molecule has 0 bridgehead atoms. The first kappa shape index (κ1) is 15.9. The third-order valence-corrected chi connectivity index (χ3v) is 4.56. The van der Waals surface area contributed by atoms with Gasteiger partial charge in [-0.3, -0.25) is 0 Å². The SMILES string of the molecule is Nc1c(Nc2ccc(Cl)cc2Cl)ncnc1Sc1ccccc1. The van der Waals surface area contributed by atoms with Crippen LogP contribution in [0.3, 0.4) is 0 Å². The molecule has 0 atom stereocenters. The van der Waals surface area contributed by atoms with Crippen molar-refractivity contribution in [3.8, 4) is 0 Å². The molecule has 3 aromatic rings. The van der Waals surface area contributed by atoms with Crippen molar-refractivity contribution in [2.75, 3.05) is 11.1 Å². The summed E-state index contributed by atoms with van der Waals surface area (Å²) in [5.74, 6) is 0.502. The van der Waals surface area contributed by atoms with Gasteiger partial charge in [-0.2, -0.15) is 0 Å². The minimum Gasteiger partial charge on any atom is -0.394 e. The van der Waals surface area contributed by atoms with Gasteiger partial charge in [0.15, 0.2) is 5.82 Å². The largest absolute Gasteiger partial charge is 0.394 e. The maximum absolute atomic E-state index is 6.18.